The van der Waals surface area contributed by atoms with Crippen LogP contribution in [0.5, 0.6) is 0 Å². The van der Waals surface area contributed by atoms with Gasteiger partial charge in [-0.2, -0.15) is 11.8 Å². The molecular weight excluding hydrogens is 296 g/mol. The number of fused-ring (bicyclic) bond motifs is 1. The largest absolute Gasteiger partial charge is 0.396 e. The van der Waals surface area contributed by atoms with E-state index in [0.717, 1.165) is 30.2 Å². The second kappa shape index (κ2) is 6.11. The number of aliphatic hydroxyl groups excluding tert-OH is 1. The van der Waals surface area contributed by atoms with E-state index in [4.69, 9.17) is 0 Å². The Bertz CT molecular complexity index is 653. The van der Waals surface area contributed by atoms with Crippen molar-refractivity contribution in [1.29, 1.82) is 0 Å². The van der Waals surface area contributed by atoms with Gasteiger partial charge in [0.2, 0.25) is 0 Å². The lowest BCUT2D eigenvalue weighted by Crippen LogP contribution is -2.43. The second-order valence-corrected chi connectivity index (χ2v) is 6.06. The molecule has 1 N–H and O–H groups in total. The van der Waals surface area contributed by atoms with E-state index >= 15 is 0 Å². The normalized spacial score (nSPS) is 19.2. The van der Waals surface area contributed by atoms with Gasteiger partial charge < -0.3 is 10.0 Å². The second-order valence-electron chi connectivity index (χ2n) is 4.92. The van der Waals surface area contributed by atoms with Gasteiger partial charge in [0.25, 0.3) is 0 Å². The molecule has 0 radical (unpaired) electrons. The van der Waals surface area contributed by atoms with E-state index in [1.54, 1.807) is 0 Å². The van der Waals surface area contributed by atoms with Crippen LogP contribution in [0.2, 0.25) is 0 Å². The summed E-state index contributed by atoms with van der Waals surface area (Å²) in [4.78, 5) is 10.3. The highest BCUT2D eigenvalue weighted by Gasteiger charge is 2.25. The van der Waals surface area contributed by atoms with Crippen LogP contribution in [0, 0.1) is 11.6 Å². The minimum Gasteiger partial charge on any atom is -0.396 e. The summed E-state index contributed by atoms with van der Waals surface area (Å²) >= 11 is 1.82. The molecule has 0 amide bonds. The van der Waals surface area contributed by atoms with Crippen LogP contribution in [-0.4, -0.2) is 45.8 Å². The monoisotopic (exact) mass is 311 g/mol. The van der Waals surface area contributed by atoms with Crippen molar-refractivity contribution in [2.24, 2.45) is 0 Å². The summed E-state index contributed by atoms with van der Waals surface area (Å²) in [5.74, 6) is 0.627. The van der Waals surface area contributed by atoms with Gasteiger partial charge in [0.1, 0.15) is 12.1 Å². The van der Waals surface area contributed by atoms with Crippen LogP contribution in [0.4, 0.5) is 14.6 Å². The molecule has 21 heavy (non-hydrogen) atoms. The molecule has 0 unspecified atom stereocenters. The van der Waals surface area contributed by atoms with Gasteiger partial charge in [-0.3, -0.25) is 0 Å². The lowest BCUT2D eigenvalue weighted by Gasteiger charge is -2.36. The first-order valence-electron chi connectivity index (χ1n) is 6.75. The summed E-state index contributed by atoms with van der Waals surface area (Å²) in [6.45, 7) is 0.855. The number of aliphatic hydroxyl groups is 1. The van der Waals surface area contributed by atoms with E-state index in [-0.39, 0.29) is 12.6 Å². The summed E-state index contributed by atoms with van der Waals surface area (Å²) in [5.41, 5.74) is 0.389. The van der Waals surface area contributed by atoms with E-state index in [9.17, 15) is 13.9 Å². The Morgan fingerprint density at radius 3 is 2.90 bits per heavy atom. The highest BCUT2D eigenvalue weighted by atomic mass is 32.2. The van der Waals surface area contributed by atoms with Crippen molar-refractivity contribution in [2.75, 3.05) is 29.6 Å². The van der Waals surface area contributed by atoms with Crippen LogP contribution in [0.3, 0.4) is 0 Å². The predicted molar refractivity (Wildman–Crippen MR) is 79.6 cm³/mol. The van der Waals surface area contributed by atoms with Crippen molar-refractivity contribution < 1.29 is 13.9 Å². The lowest BCUT2D eigenvalue weighted by atomic mass is 10.1. The quantitative estimate of drug-likeness (QED) is 0.942. The Morgan fingerprint density at radius 1 is 1.29 bits per heavy atom. The van der Waals surface area contributed by atoms with E-state index in [1.165, 1.54) is 6.33 Å². The minimum atomic E-state index is -0.909. The van der Waals surface area contributed by atoms with Crippen molar-refractivity contribution in [2.45, 2.75) is 12.5 Å². The number of aromatic nitrogens is 2. The maximum atomic E-state index is 13.5. The highest BCUT2D eigenvalue weighted by Crippen LogP contribution is 2.30. The zero-order valence-corrected chi connectivity index (χ0v) is 12.1. The molecule has 4 nitrogen and oxygen atoms in total. The molecule has 1 aromatic heterocycles. The molecule has 2 aromatic rings. The Morgan fingerprint density at radius 2 is 2.10 bits per heavy atom. The Balaban J connectivity index is 2.08. The van der Waals surface area contributed by atoms with Gasteiger partial charge in [0, 0.05) is 42.2 Å². The van der Waals surface area contributed by atoms with Crippen LogP contribution in [0.1, 0.15) is 6.42 Å². The number of nitrogens with zero attached hydrogens (tertiary/aromatic N) is 3. The summed E-state index contributed by atoms with van der Waals surface area (Å²) in [6, 6.07) is 2.38. The molecule has 1 aliphatic rings. The molecule has 1 fully saturated rings. The van der Waals surface area contributed by atoms with Crippen LogP contribution >= 0.6 is 11.8 Å². The fourth-order valence-electron chi connectivity index (χ4n) is 2.59. The summed E-state index contributed by atoms with van der Waals surface area (Å²) in [6.07, 6.45) is 1.99. The molecule has 2 heterocycles. The molecular formula is C14H15F2N3OS. The molecule has 0 bridgehead atoms. The van der Waals surface area contributed by atoms with Gasteiger partial charge in [0.15, 0.2) is 11.6 Å². The smallest absolute Gasteiger partial charge is 0.161 e. The van der Waals surface area contributed by atoms with Crippen molar-refractivity contribution >= 4 is 28.5 Å². The first-order chi connectivity index (χ1) is 10.2. The van der Waals surface area contributed by atoms with Crippen LogP contribution in [-0.2, 0) is 0 Å². The van der Waals surface area contributed by atoms with E-state index in [0.29, 0.717) is 23.1 Å². The highest BCUT2D eigenvalue weighted by molar-refractivity contribution is 7.99. The third-order valence-corrected chi connectivity index (χ3v) is 4.71. The van der Waals surface area contributed by atoms with E-state index in [2.05, 4.69) is 14.9 Å². The Labute approximate surface area is 125 Å². The van der Waals surface area contributed by atoms with E-state index < -0.39 is 11.6 Å². The molecule has 1 aromatic carbocycles. The van der Waals surface area contributed by atoms with Crippen molar-refractivity contribution in [3.8, 4) is 0 Å². The fraction of sp³-hybridized carbons (Fsp3) is 0.429. The van der Waals surface area contributed by atoms with Gasteiger partial charge in [-0.25, -0.2) is 18.7 Å². The Hall–Kier alpha value is -1.47. The number of rotatable bonds is 3. The summed E-state index contributed by atoms with van der Waals surface area (Å²) in [5, 5.41) is 9.70. The molecule has 112 valence electrons. The number of halogens is 2. The van der Waals surface area contributed by atoms with Gasteiger partial charge in [0.05, 0.1) is 5.52 Å². The topological polar surface area (TPSA) is 49.2 Å². The molecule has 1 aliphatic heterocycles. The maximum Gasteiger partial charge on any atom is 0.161 e. The first-order valence-corrected chi connectivity index (χ1v) is 7.91. The third kappa shape index (κ3) is 2.80. The van der Waals surface area contributed by atoms with Crippen LogP contribution in [0.25, 0.3) is 10.9 Å². The third-order valence-electron chi connectivity index (χ3n) is 3.62. The van der Waals surface area contributed by atoms with Crippen molar-refractivity contribution in [1.82, 2.24) is 9.97 Å². The van der Waals surface area contributed by atoms with Gasteiger partial charge in [-0.1, -0.05) is 0 Å². The lowest BCUT2D eigenvalue weighted by molar-refractivity contribution is 0.276. The number of thioether (sulfide) groups is 1. The first kappa shape index (κ1) is 14.5. The molecule has 7 heteroatoms. The molecule has 0 spiro atoms. The van der Waals surface area contributed by atoms with Crippen molar-refractivity contribution in [3.05, 3.63) is 30.1 Å². The molecule has 0 aliphatic carbocycles. The standard InChI is InChI=1S/C14H15F2N3OS/c15-11-5-10-13(6-12(11)16)17-8-18-14(10)19-2-4-21-7-9(19)1-3-20/h5-6,8-9,20H,1-4,7H2/t9-/m0/s1. The summed E-state index contributed by atoms with van der Waals surface area (Å²) < 4.78 is 26.9. The zero-order chi connectivity index (χ0) is 14.8. The Kier molecular flexibility index (Phi) is 4.21. The molecule has 1 atom stereocenters. The predicted octanol–water partition coefficient (Wildman–Crippen LogP) is 2.21. The molecule has 0 saturated carbocycles. The molecule has 1 saturated heterocycles. The number of hydrogen-bond acceptors (Lipinski definition) is 5. The SMILES string of the molecule is OCC[C@H]1CSCCN1c1ncnc2cc(F)c(F)cc12. The fourth-order valence-corrected chi connectivity index (χ4v) is 3.70. The van der Waals surface area contributed by atoms with Gasteiger partial charge in [-0.05, 0) is 12.5 Å². The van der Waals surface area contributed by atoms with Crippen molar-refractivity contribution in [3.63, 3.8) is 0 Å². The zero-order valence-electron chi connectivity index (χ0n) is 11.3. The van der Waals surface area contributed by atoms with Crippen LogP contribution < -0.4 is 4.90 Å². The molecule has 3 rings (SSSR count). The number of benzene rings is 1. The van der Waals surface area contributed by atoms with E-state index in [1.807, 2.05) is 11.8 Å². The number of hydrogen-bond donors (Lipinski definition) is 1. The average Bonchev–Trinajstić information content (AvgIpc) is 2.49. The maximum absolute atomic E-state index is 13.5. The minimum absolute atomic E-state index is 0.0910. The number of anilines is 1. The average molecular weight is 311 g/mol. The summed E-state index contributed by atoms with van der Waals surface area (Å²) in [7, 11) is 0. The van der Waals surface area contributed by atoms with Crippen LogP contribution in [0.15, 0.2) is 18.5 Å². The van der Waals surface area contributed by atoms with Gasteiger partial charge >= 0.3 is 0 Å². The van der Waals surface area contributed by atoms with Gasteiger partial charge in [-0.15, -0.1) is 0 Å².